The Balaban J connectivity index is 1.78. The zero-order chi connectivity index (χ0) is 19.2. The van der Waals surface area contributed by atoms with E-state index in [1.807, 2.05) is 0 Å². The van der Waals surface area contributed by atoms with Gasteiger partial charge < -0.3 is 9.73 Å². The third-order valence-corrected chi connectivity index (χ3v) is 5.21. The number of nitrogens with one attached hydrogen (secondary N) is 1. The van der Waals surface area contributed by atoms with Gasteiger partial charge >= 0.3 is 0 Å². The third-order valence-electron chi connectivity index (χ3n) is 5.21. The predicted octanol–water partition coefficient (Wildman–Crippen LogP) is 7.75. The lowest BCUT2D eigenvalue weighted by Gasteiger charge is -2.19. The van der Waals surface area contributed by atoms with Crippen molar-refractivity contribution in [2.45, 2.75) is 46.0 Å². The van der Waals surface area contributed by atoms with Crippen LogP contribution in [0.5, 0.6) is 0 Å². The normalized spacial score (nSPS) is 12.2. The molecule has 4 rings (SSSR count). The van der Waals surface area contributed by atoms with Crippen LogP contribution in [0.25, 0.3) is 21.9 Å². The number of para-hydroxylation sites is 2. The number of anilines is 2. The quantitative estimate of drug-likeness (QED) is 0.405. The Morgan fingerprint density at radius 3 is 2.04 bits per heavy atom. The van der Waals surface area contributed by atoms with Gasteiger partial charge in [-0.25, -0.2) is 0 Å². The Hall–Kier alpha value is -2.74. The first-order valence-corrected chi connectivity index (χ1v) is 9.66. The van der Waals surface area contributed by atoms with Gasteiger partial charge in [-0.15, -0.1) is 0 Å². The van der Waals surface area contributed by atoms with Gasteiger partial charge in [0.25, 0.3) is 0 Å². The summed E-state index contributed by atoms with van der Waals surface area (Å²) >= 11 is 0. The highest BCUT2D eigenvalue weighted by atomic mass is 16.3. The van der Waals surface area contributed by atoms with E-state index in [0.29, 0.717) is 5.92 Å². The number of hydrogen-bond donors (Lipinski definition) is 1. The summed E-state index contributed by atoms with van der Waals surface area (Å²) in [5.74, 6) is 0.426. The summed E-state index contributed by atoms with van der Waals surface area (Å²) in [5.41, 5.74) is 6.73. The van der Waals surface area contributed by atoms with Crippen molar-refractivity contribution in [2.24, 2.45) is 0 Å². The number of hydrogen-bond acceptors (Lipinski definition) is 2. The average molecular weight is 357 g/mol. The summed E-state index contributed by atoms with van der Waals surface area (Å²) in [6.45, 7) is 11.1. The van der Waals surface area contributed by atoms with Crippen LogP contribution >= 0.6 is 0 Å². The van der Waals surface area contributed by atoms with Crippen molar-refractivity contribution >= 4 is 33.3 Å². The molecule has 1 N–H and O–H groups in total. The zero-order valence-corrected chi connectivity index (χ0v) is 16.8. The topological polar surface area (TPSA) is 25.2 Å². The lowest BCUT2D eigenvalue weighted by Crippen LogP contribution is -2.10. The standard InChI is InChI=1S/C25H27NO/c1-16(2)19-8-6-9-20-21-10-7-11-22(24(21)27-23(19)20)26-18-14-12-17(13-15-18)25(3,4)5/h6-16,26H,1-5H3. The molecule has 0 aliphatic heterocycles. The summed E-state index contributed by atoms with van der Waals surface area (Å²) in [7, 11) is 0. The van der Waals surface area contributed by atoms with Gasteiger partial charge in [0.05, 0.1) is 5.69 Å². The maximum atomic E-state index is 6.36. The Morgan fingerprint density at radius 2 is 1.41 bits per heavy atom. The van der Waals surface area contributed by atoms with Crippen molar-refractivity contribution in [3.8, 4) is 0 Å². The Morgan fingerprint density at radius 1 is 0.778 bits per heavy atom. The van der Waals surface area contributed by atoms with E-state index in [0.717, 1.165) is 27.9 Å². The summed E-state index contributed by atoms with van der Waals surface area (Å²) in [6, 6.07) is 21.4. The van der Waals surface area contributed by atoms with Crippen molar-refractivity contribution in [3.63, 3.8) is 0 Å². The Bertz CT molecular complexity index is 1100. The molecule has 1 heterocycles. The van der Waals surface area contributed by atoms with E-state index in [9.17, 15) is 0 Å². The fourth-order valence-corrected chi connectivity index (χ4v) is 3.60. The van der Waals surface area contributed by atoms with E-state index in [1.54, 1.807) is 0 Å². The molecule has 0 spiro atoms. The second-order valence-electron chi connectivity index (χ2n) is 8.62. The van der Waals surface area contributed by atoms with E-state index in [2.05, 4.69) is 101 Å². The highest BCUT2D eigenvalue weighted by molar-refractivity contribution is 6.10. The van der Waals surface area contributed by atoms with Crippen LogP contribution in [-0.4, -0.2) is 0 Å². The molecular formula is C25H27NO. The molecule has 2 heteroatoms. The molecule has 27 heavy (non-hydrogen) atoms. The lowest BCUT2D eigenvalue weighted by molar-refractivity contribution is 0.590. The van der Waals surface area contributed by atoms with Crippen molar-refractivity contribution in [2.75, 3.05) is 5.32 Å². The maximum absolute atomic E-state index is 6.36. The molecule has 3 aromatic carbocycles. The van der Waals surface area contributed by atoms with E-state index in [4.69, 9.17) is 4.42 Å². The summed E-state index contributed by atoms with van der Waals surface area (Å²) in [4.78, 5) is 0. The average Bonchev–Trinajstić information content (AvgIpc) is 3.01. The smallest absolute Gasteiger partial charge is 0.158 e. The lowest BCUT2D eigenvalue weighted by atomic mass is 9.87. The molecule has 138 valence electrons. The molecule has 0 amide bonds. The molecule has 0 aliphatic rings. The minimum Gasteiger partial charge on any atom is -0.454 e. The molecule has 0 saturated heterocycles. The van der Waals surface area contributed by atoms with Crippen molar-refractivity contribution in [1.82, 2.24) is 0 Å². The molecule has 0 fully saturated rings. The minimum atomic E-state index is 0.157. The molecule has 0 aliphatic carbocycles. The van der Waals surface area contributed by atoms with Crippen LogP contribution in [-0.2, 0) is 5.41 Å². The van der Waals surface area contributed by atoms with Crippen LogP contribution in [0.15, 0.2) is 65.1 Å². The van der Waals surface area contributed by atoms with Crippen molar-refractivity contribution in [1.29, 1.82) is 0 Å². The van der Waals surface area contributed by atoms with Gasteiger partial charge in [-0.2, -0.15) is 0 Å². The first-order valence-electron chi connectivity index (χ1n) is 9.66. The molecule has 1 aromatic heterocycles. The second kappa shape index (κ2) is 6.45. The fourth-order valence-electron chi connectivity index (χ4n) is 3.60. The summed E-state index contributed by atoms with van der Waals surface area (Å²) in [5, 5.41) is 5.88. The van der Waals surface area contributed by atoms with E-state index in [-0.39, 0.29) is 5.41 Å². The number of furan rings is 1. The summed E-state index contributed by atoms with van der Waals surface area (Å²) < 4.78 is 6.36. The monoisotopic (exact) mass is 357 g/mol. The van der Waals surface area contributed by atoms with Crippen LogP contribution in [0.1, 0.15) is 51.7 Å². The van der Waals surface area contributed by atoms with Gasteiger partial charge in [0.2, 0.25) is 0 Å². The SMILES string of the molecule is CC(C)c1cccc2c1oc1c(Nc3ccc(C(C)(C)C)cc3)cccc12. The van der Waals surface area contributed by atoms with Gasteiger partial charge in [-0.3, -0.25) is 0 Å². The number of fused-ring (bicyclic) bond motifs is 3. The molecule has 4 aromatic rings. The Kier molecular flexibility index (Phi) is 4.22. The number of benzene rings is 3. The predicted molar refractivity (Wildman–Crippen MR) is 116 cm³/mol. The van der Waals surface area contributed by atoms with Gasteiger partial charge in [0, 0.05) is 16.5 Å². The van der Waals surface area contributed by atoms with E-state index in [1.165, 1.54) is 16.5 Å². The highest BCUT2D eigenvalue weighted by Crippen LogP contribution is 2.38. The molecule has 0 bridgehead atoms. The Labute approximate surface area is 161 Å². The second-order valence-corrected chi connectivity index (χ2v) is 8.62. The molecule has 0 radical (unpaired) electrons. The molecule has 0 unspecified atom stereocenters. The highest BCUT2D eigenvalue weighted by Gasteiger charge is 2.16. The molecular weight excluding hydrogens is 330 g/mol. The van der Waals surface area contributed by atoms with Gasteiger partial charge in [0.15, 0.2) is 5.58 Å². The van der Waals surface area contributed by atoms with Crippen LogP contribution in [0.3, 0.4) is 0 Å². The maximum Gasteiger partial charge on any atom is 0.158 e. The first kappa shape index (κ1) is 17.7. The van der Waals surface area contributed by atoms with E-state index >= 15 is 0 Å². The minimum absolute atomic E-state index is 0.157. The number of rotatable bonds is 3. The van der Waals surface area contributed by atoms with Crippen LogP contribution < -0.4 is 5.32 Å². The van der Waals surface area contributed by atoms with Crippen LogP contribution in [0, 0.1) is 0 Å². The van der Waals surface area contributed by atoms with Crippen molar-refractivity contribution in [3.05, 3.63) is 71.8 Å². The summed E-state index contributed by atoms with van der Waals surface area (Å²) in [6.07, 6.45) is 0. The van der Waals surface area contributed by atoms with Gasteiger partial charge in [-0.1, -0.05) is 77.1 Å². The molecule has 2 nitrogen and oxygen atoms in total. The largest absolute Gasteiger partial charge is 0.454 e. The third kappa shape index (κ3) is 3.21. The first-order chi connectivity index (χ1) is 12.8. The fraction of sp³-hybridized carbons (Fsp3) is 0.280. The van der Waals surface area contributed by atoms with Gasteiger partial charge in [0.1, 0.15) is 5.58 Å². The zero-order valence-electron chi connectivity index (χ0n) is 16.8. The van der Waals surface area contributed by atoms with Gasteiger partial charge in [-0.05, 0) is 40.7 Å². The van der Waals surface area contributed by atoms with E-state index < -0.39 is 0 Å². The van der Waals surface area contributed by atoms with Crippen LogP contribution in [0.2, 0.25) is 0 Å². The molecule has 0 saturated carbocycles. The molecule has 0 atom stereocenters. The van der Waals surface area contributed by atoms with Crippen LogP contribution in [0.4, 0.5) is 11.4 Å². The van der Waals surface area contributed by atoms with Crippen molar-refractivity contribution < 1.29 is 4.42 Å².